The van der Waals surface area contributed by atoms with Gasteiger partial charge in [0.05, 0.1) is 11.7 Å². The topological polar surface area (TPSA) is 23.5 Å². The van der Waals surface area contributed by atoms with Gasteiger partial charge in [-0.3, -0.25) is 0 Å². The van der Waals surface area contributed by atoms with Gasteiger partial charge in [0.15, 0.2) is 0 Å². The quantitative estimate of drug-likeness (QED) is 0.893. The predicted molar refractivity (Wildman–Crippen MR) is 73.3 cm³/mol. The van der Waals surface area contributed by atoms with Gasteiger partial charge in [-0.05, 0) is 37.6 Å². The van der Waals surface area contributed by atoms with E-state index in [1.807, 2.05) is 18.9 Å². The molecule has 0 saturated heterocycles. The monoisotopic (exact) mass is 289 g/mol. The van der Waals surface area contributed by atoms with E-state index in [9.17, 15) is 18.3 Å². The number of benzene rings is 1. The lowest BCUT2D eigenvalue weighted by Gasteiger charge is -2.29. The van der Waals surface area contributed by atoms with Crippen LogP contribution in [0.5, 0.6) is 0 Å². The van der Waals surface area contributed by atoms with Gasteiger partial charge in [0.25, 0.3) is 0 Å². The third-order valence-electron chi connectivity index (χ3n) is 3.72. The minimum absolute atomic E-state index is 0.246. The molecule has 0 aliphatic heterocycles. The minimum atomic E-state index is -4.38. The molecule has 2 unspecified atom stereocenters. The van der Waals surface area contributed by atoms with Gasteiger partial charge < -0.3 is 10.0 Å². The molecule has 0 aliphatic carbocycles. The van der Waals surface area contributed by atoms with Crippen molar-refractivity contribution < 1.29 is 18.3 Å². The molecule has 5 heteroatoms. The number of likely N-dealkylation sites (N-methyl/N-ethyl adjacent to an activating group) is 1. The van der Waals surface area contributed by atoms with Crippen LogP contribution in [0.1, 0.15) is 38.0 Å². The maximum absolute atomic E-state index is 12.6. The number of hydrogen-bond donors (Lipinski definition) is 1. The normalized spacial score (nSPS) is 15.7. The summed E-state index contributed by atoms with van der Waals surface area (Å²) in [5, 5.41) is 10.1. The summed E-state index contributed by atoms with van der Waals surface area (Å²) >= 11 is 0. The summed E-state index contributed by atoms with van der Waals surface area (Å²) in [7, 11) is 1.86. The zero-order valence-electron chi connectivity index (χ0n) is 12.3. The molecule has 1 rings (SSSR count). The Hall–Kier alpha value is -1.07. The highest BCUT2D eigenvalue weighted by Gasteiger charge is 2.31. The van der Waals surface area contributed by atoms with Gasteiger partial charge in [-0.15, -0.1) is 0 Å². The van der Waals surface area contributed by atoms with Crippen LogP contribution in [0.2, 0.25) is 0 Å². The Labute approximate surface area is 118 Å². The lowest BCUT2D eigenvalue weighted by Crippen LogP contribution is -2.36. The molecule has 1 aromatic rings. The number of rotatable bonds is 5. The number of nitrogens with zero attached hydrogens (tertiary/aromatic N) is 1. The van der Waals surface area contributed by atoms with Gasteiger partial charge in [0, 0.05) is 12.6 Å². The molecule has 0 saturated carbocycles. The molecule has 114 valence electrons. The van der Waals surface area contributed by atoms with Gasteiger partial charge in [-0.25, -0.2) is 0 Å². The standard InChI is InChI=1S/C15H22F3NO/c1-10(2)11(3)19(4)9-14(20)12-6-5-7-13(8-12)15(16,17)18/h5-8,10-11,14,20H,9H2,1-4H3. The summed E-state index contributed by atoms with van der Waals surface area (Å²) in [6, 6.07) is 5.12. The number of aliphatic hydroxyl groups excluding tert-OH is 1. The molecular formula is C15H22F3NO. The molecule has 0 heterocycles. The number of halogens is 3. The fourth-order valence-corrected chi connectivity index (χ4v) is 1.98. The Kier molecular flexibility index (Phi) is 5.59. The van der Waals surface area contributed by atoms with Crippen LogP contribution >= 0.6 is 0 Å². The average molecular weight is 289 g/mol. The van der Waals surface area contributed by atoms with E-state index in [1.165, 1.54) is 12.1 Å². The van der Waals surface area contributed by atoms with E-state index in [2.05, 4.69) is 13.8 Å². The van der Waals surface area contributed by atoms with Gasteiger partial charge in [-0.1, -0.05) is 26.0 Å². The SMILES string of the molecule is CC(C)C(C)N(C)CC(O)c1cccc(C(F)(F)F)c1. The van der Waals surface area contributed by atoms with Crippen LogP contribution in [0.15, 0.2) is 24.3 Å². The summed E-state index contributed by atoms with van der Waals surface area (Å²) in [5.41, 5.74) is -0.434. The van der Waals surface area contributed by atoms with Gasteiger partial charge in [0.2, 0.25) is 0 Å². The first kappa shape index (κ1) is 17.0. The Bertz CT molecular complexity index is 431. The van der Waals surface area contributed by atoms with Gasteiger partial charge in [0.1, 0.15) is 0 Å². The Morgan fingerprint density at radius 1 is 1.20 bits per heavy atom. The lowest BCUT2D eigenvalue weighted by atomic mass is 10.0. The smallest absolute Gasteiger partial charge is 0.387 e. The highest BCUT2D eigenvalue weighted by atomic mass is 19.4. The third-order valence-corrected chi connectivity index (χ3v) is 3.72. The van der Waals surface area contributed by atoms with Crippen molar-refractivity contribution in [1.82, 2.24) is 4.90 Å². The van der Waals surface area contributed by atoms with Crippen LogP contribution in [-0.4, -0.2) is 29.6 Å². The third kappa shape index (κ3) is 4.49. The van der Waals surface area contributed by atoms with Crippen molar-refractivity contribution in [3.05, 3.63) is 35.4 Å². The van der Waals surface area contributed by atoms with Gasteiger partial charge in [-0.2, -0.15) is 13.2 Å². The molecule has 2 nitrogen and oxygen atoms in total. The molecule has 0 spiro atoms. The fraction of sp³-hybridized carbons (Fsp3) is 0.600. The van der Waals surface area contributed by atoms with Crippen molar-refractivity contribution in [1.29, 1.82) is 0 Å². The first-order valence-electron chi connectivity index (χ1n) is 6.68. The summed E-state index contributed by atoms with van der Waals surface area (Å²) in [6.07, 6.45) is -5.31. The van der Waals surface area contributed by atoms with Crippen LogP contribution in [0, 0.1) is 5.92 Å². The second-order valence-corrected chi connectivity index (χ2v) is 5.56. The second-order valence-electron chi connectivity index (χ2n) is 5.56. The average Bonchev–Trinajstić information content (AvgIpc) is 2.36. The summed E-state index contributed by atoms with van der Waals surface area (Å²) in [4.78, 5) is 1.95. The van der Waals surface area contributed by atoms with Crippen LogP contribution < -0.4 is 0 Å². The Morgan fingerprint density at radius 2 is 1.80 bits per heavy atom. The van der Waals surface area contributed by atoms with E-state index < -0.39 is 17.8 Å². The highest BCUT2D eigenvalue weighted by Crippen LogP contribution is 2.31. The van der Waals surface area contributed by atoms with Crippen molar-refractivity contribution in [3.8, 4) is 0 Å². The molecule has 0 radical (unpaired) electrons. The molecule has 0 fully saturated rings. The van der Waals surface area contributed by atoms with E-state index in [0.717, 1.165) is 12.1 Å². The van der Waals surface area contributed by atoms with E-state index in [4.69, 9.17) is 0 Å². The summed E-state index contributed by atoms with van der Waals surface area (Å²) in [5.74, 6) is 0.411. The van der Waals surface area contributed by atoms with Crippen molar-refractivity contribution in [2.75, 3.05) is 13.6 Å². The molecule has 0 aliphatic rings. The van der Waals surface area contributed by atoms with Crippen LogP contribution in [0.3, 0.4) is 0 Å². The first-order valence-corrected chi connectivity index (χ1v) is 6.68. The van der Waals surface area contributed by atoms with Crippen LogP contribution in [0.25, 0.3) is 0 Å². The molecule has 0 bridgehead atoms. The molecule has 0 aromatic heterocycles. The molecule has 2 atom stereocenters. The molecule has 0 amide bonds. The second kappa shape index (κ2) is 6.59. The zero-order chi connectivity index (χ0) is 15.5. The van der Waals surface area contributed by atoms with Crippen LogP contribution in [-0.2, 0) is 6.18 Å². The zero-order valence-corrected chi connectivity index (χ0v) is 12.3. The maximum atomic E-state index is 12.6. The number of aliphatic hydroxyl groups is 1. The van der Waals surface area contributed by atoms with E-state index in [0.29, 0.717) is 18.0 Å². The Morgan fingerprint density at radius 3 is 2.30 bits per heavy atom. The van der Waals surface area contributed by atoms with Gasteiger partial charge >= 0.3 is 6.18 Å². The van der Waals surface area contributed by atoms with Crippen LogP contribution in [0.4, 0.5) is 13.2 Å². The largest absolute Gasteiger partial charge is 0.416 e. The molecule has 20 heavy (non-hydrogen) atoms. The molecular weight excluding hydrogens is 267 g/mol. The number of hydrogen-bond acceptors (Lipinski definition) is 2. The Balaban J connectivity index is 2.80. The van der Waals surface area contributed by atoms with Crippen molar-refractivity contribution in [2.24, 2.45) is 5.92 Å². The summed E-state index contributed by atoms with van der Waals surface area (Å²) < 4.78 is 37.9. The van der Waals surface area contributed by atoms with E-state index >= 15 is 0 Å². The van der Waals surface area contributed by atoms with Crippen molar-refractivity contribution in [3.63, 3.8) is 0 Å². The summed E-state index contributed by atoms with van der Waals surface area (Å²) in [6.45, 7) is 6.47. The first-order chi connectivity index (χ1) is 9.12. The number of alkyl halides is 3. The van der Waals surface area contributed by atoms with Crippen molar-refractivity contribution >= 4 is 0 Å². The van der Waals surface area contributed by atoms with E-state index in [1.54, 1.807) is 0 Å². The van der Waals surface area contributed by atoms with Crippen molar-refractivity contribution in [2.45, 2.75) is 39.1 Å². The molecule has 1 aromatic carbocycles. The fourth-order valence-electron chi connectivity index (χ4n) is 1.98. The highest BCUT2D eigenvalue weighted by molar-refractivity contribution is 5.27. The van der Waals surface area contributed by atoms with E-state index in [-0.39, 0.29) is 6.04 Å². The lowest BCUT2D eigenvalue weighted by molar-refractivity contribution is -0.137. The minimum Gasteiger partial charge on any atom is -0.387 e. The maximum Gasteiger partial charge on any atom is 0.416 e. The predicted octanol–water partition coefficient (Wildman–Crippen LogP) is 3.72. The molecule has 1 N–H and O–H groups in total.